The van der Waals surface area contributed by atoms with Gasteiger partial charge in [-0.1, -0.05) is 0 Å². The Balaban J connectivity index is 2.84. The normalized spacial score (nSPS) is 10.3. The Bertz CT molecular complexity index is 388. The number of para-hydroxylation sites is 2. The first-order chi connectivity index (χ1) is 5.77. The fourth-order valence-electron chi connectivity index (χ4n) is 0.968. The maximum absolute atomic E-state index is 4.33. The van der Waals surface area contributed by atoms with Gasteiger partial charge >= 0.3 is 86.5 Å². The summed E-state index contributed by atoms with van der Waals surface area (Å²) in [7, 11) is 0. The van der Waals surface area contributed by atoms with Crippen molar-refractivity contribution in [1.29, 1.82) is 0 Å². The van der Waals surface area contributed by atoms with Crippen molar-refractivity contribution in [3.05, 3.63) is 24.3 Å². The van der Waals surface area contributed by atoms with E-state index in [1.165, 1.54) is 0 Å². The van der Waals surface area contributed by atoms with Gasteiger partial charge in [0, 0.05) is 0 Å². The van der Waals surface area contributed by atoms with Gasteiger partial charge in [-0.25, -0.2) is 0 Å². The third kappa shape index (κ3) is 1.39. The number of hydrogen-bond acceptors (Lipinski definition) is 2. The van der Waals surface area contributed by atoms with E-state index in [4.69, 9.17) is 0 Å². The Morgan fingerprint density at radius 3 is 1.67 bits per heavy atom. The molecule has 0 aliphatic heterocycles. The van der Waals surface area contributed by atoms with Gasteiger partial charge in [-0.3, -0.25) is 0 Å². The molecule has 0 aliphatic carbocycles. The number of aromatic nitrogens is 2. The Hall–Kier alpha value is -0.401. The van der Waals surface area contributed by atoms with Gasteiger partial charge in [0.1, 0.15) is 0 Å². The maximum atomic E-state index is 4.33. The van der Waals surface area contributed by atoms with E-state index in [2.05, 4.69) is 42.0 Å². The predicted molar refractivity (Wildman–Crippen MR) is 50.3 cm³/mol. The van der Waals surface area contributed by atoms with Crippen molar-refractivity contribution in [2.75, 3.05) is 0 Å². The summed E-state index contributed by atoms with van der Waals surface area (Å²) in [6, 6.07) is 7.80. The second-order valence-electron chi connectivity index (χ2n) is 2.32. The summed E-state index contributed by atoms with van der Waals surface area (Å²) in [4.78, 5) is 8.65. The topological polar surface area (TPSA) is 25.8 Å². The molecule has 0 atom stereocenters. The summed E-state index contributed by atoms with van der Waals surface area (Å²) >= 11 is 5.72. The van der Waals surface area contributed by atoms with Crippen LogP contribution in [0, 0.1) is 0 Å². The van der Waals surface area contributed by atoms with Crippen LogP contribution in [0.1, 0.15) is 0 Å². The van der Waals surface area contributed by atoms with E-state index in [1.54, 1.807) is 0 Å². The van der Waals surface area contributed by atoms with Crippen molar-refractivity contribution in [2.24, 2.45) is 0 Å². The summed E-state index contributed by atoms with van der Waals surface area (Å²) < 4.78 is 1.66. The quantitative estimate of drug-likeness (QED) is 0.594. The van der Waals surface area contributed by atoms with Crippen molar-refractivity contribution in [2.45, 2.75) is 0 Å². The zero-order chi connectivity index (χ0) is 8.55. The van der Waals surface area contributed by atoms with E-state index in [0.717, 1.165) is 20.2 Å². The van der Waals surface area contributed by atoms with Crippen LogP contribution in [0.4, 0.5) is 0 Å². The van der Waals surface area contributed by atoms with Gasteiger partial charge in [0.05, 0.1) is 0 Å². The van der Waals surface area contributed by atoms with Crippen LogP contribution in [0.3, 0.4) is 0 Å². The molecule has 2 rings (SSSR count). The number of hydrogen-bond donors (Lipinski definition) is 0. The van der Waals surface area contributed by atoms with Gasteiger partial charge in [0.15, 0.2) is 0 Å². The molecule has 0 unspecified atom stereocenters. The zero-order valence-corrected chi connectivity index (χ0v) is 9.45. The number of fused-ring (bicyclic) bond motifs is 1. The van der Waals surface area contributed by atoms with E-state index < -0.39 is 0 Å². The van der Waals surface area contributed by atoms with E-state index in [0.29, 0.717) is 0 Å². The molecule has 0 N–H and O–H groups in total. The monoisotopic (exact) mass is 288 g/mol. The molecule has 0 fully saturated rings. The molecule has 1 aromatic heterocycles. The predicted octanol–water partition coefficient (Wildman–Crippen LogP) is -0.783. The van der Waals surface area contributed by atoms with Gasteiger partial charge in [-0.15, -0.1) is 0 Å². The summed E-state index contributed by atoms with van der Waals surface area (Å²) in [6.07, 6.45) is 0. The SMILES string of the molecule is [Se]c1nc2ccccc2nc1[Se]. The molecule has 12 heavy (non-hydrogen) atoms. The van der Waals surface area contributed by atoms with Crippen molar-refractivity contribution in [3.63, 3.8) is 0 Å². The molecule has 0 amide bonds. The Labute approximate surface area is 86.4 Å². The van der Waals surface area contributed by atoms with Crippen molar-refractivity contribution >= 4 is 52.2 Å². The Morgan fingerprint density at radius 1 is 0.833 bits per heavy atom. The fourth-order valence-corrected chi connectivity index (χ4v) is 1.57. The summed E-state index contributed by atoms with van der Waals surface area (Å²) in [5.41, 5.74) is 1.84. The molecule has 1 heterocycles. The van der Waals surface area contributed by atoms with Gasteiger partial charge < -0.3 is 0 Å². The van der Waals surface area contributed by atoms with Crippen LogP contribution in [0.5, 0.6) is 0 Å². The van der Waals surface area contributed by atoms with Crippen LogP contribution in [0.2, 0.25) is 0 Å². The Morgan fingerprint density at radius 2 is 1.25 bits per heavy atom. The minimum absolute atomic E-state index is 0.828. The molecule has 2 aromatic rings. The number of rotatable bonds is 0. The second kappa shape index (κ2) is 3.15. The molecule has 0 saturated carbocycles. The first-order valence-corrected chi connectivity index (χ1v) is 5.09. The molecule has 4 heteroatoms. The van der Waals surface area contributed by atoms with E-state index >= 15 is 0 Å². The fraction of sp³-hybridized carbons (Fsp3) is 0. The third-order valence-electron chi connectivity index (χ3n) is 1.51. The average molecular weight is 286 g/mol. The summed E-state index contributed by atoms with van der Waals surface area (Å²) in [5.74, 6) is 0. The molecule has 58 valence electrons. The molecule has 0 bridgehead atoms. The standard InChI is InChI=1S/C8H4N2Se2/c11-7-8(12)10-6-4-2-1-3-5(6)9-7/h1-4H. The first kappa shape index (κ1) is 8.21. The molecular weight excluding hydrogens is 282 g/mol. The van der Waals surface area contributed by atoms with Crippen LogP contribution < -0.4 is 9.18 Å². The average Bonchev–Trinajstić information content (AvgIpc) is 2.07. The first-order valence-electron chi connectivity index (χ1n) is 3.38. The zero-order valence-electron chi connectivity index (χ0n) is 6.02. The van der Waals surface area contributed by atoms with Crippen LogP contribution in [0.15, 0.2) is 24.3 Å². The molecule has 0 saturated heterocycles. The van der Waals surface area contributed by atoms with Gasteiger partial charge in [0.25, 0.3) is 0 Å². The van der Waals surface area contributed by atoms with Gasteiger partial charge in [-0.2, -0.15) is 0 Å². The van der Waals surface area contributed by atoms with Crippen molar-refractivity contribution in [1.82, 2.24) is 9.97 Å². The van der Waals surface area contributed by atoms with Crippen molar-refractivity contribution < 1.29 is 0 Å². The molecule has 1 aromatic carbocycles. The molecule has 2 nitrogen and oxygen atoms in total. The number of benzene rings is 1. The number of nitrogens with zero attached hydrogens (tertiary/aromatic N) is 2. The van der Waals surface area contributed by atoms with E-state index in [1.807, 2.05) is 24.3 Å². The van der Waals surface area contributed by atoms with Crippen LogP contribution in [0.25, 0.3) is 11.0 Å². The third-order valence-corrected chi connectivity index (χ3v) is 3.36. The van der Waals surface area contributed by atoms with E-state index in [9.17, 15) is 0 Å². The molecule has 2 radical (unpaired) electrons. The van der Waals surface area contributed by atoms with Gasteiger partial charge in [-0.05, 0) is 0 Å². The van der Waals surface area contributed by atoms with Crippen LogP contribution in [-0.4, -0.2) is 42.0 Å². The van der Waals surface area contributed by atoms with Crippen LogP contribution in [-0.2, 0) is 0 Å². The minimum atomic E-state index is 0.828. The molecular formula is C8H4N2Se2. The van der Waals surface area contributed by atoms with E-state index in [-0.39, 0.29) is 0 Å². The molecule has 0 aliphatic rings. The van der Waals surface area contributed by atoms with Crippen LogP contribution >= 0.6 is 0 Å². The molecule has 0 spiro atoms. The summed E-state index contributed by atoms with van der Waals surface area (Å²) in [5, 5.41) is 0. The summed E-state index contributed by atoms with van der Waals surface area (Å²) in [6.45, 7) is 0. The van der Waals surface area contributed by atoms with Gasteiger partial charge in [0.2, 0.25) is 0 Å². The second-order valence-corrected chi connectivity index (χ2v) is 3.95. The Kier molecular flexibility index (Phi) is 2.16. The van der Waals surface area contributed by atoms with Crippen molar-refractivity contribution in [3.8, 4) is 0 Å².